The Morgan fingerprint density at radius 3 is 2.63 bits per heavy atom. The number of fused-ring (bicyclic) bond motifs is 1. The zero-order chi connectivity index (χ0) is 20.5. The fourth-order valence-electron chi connectivity index (χ4n) is 3.57. The third kappa shape index (κ3) is 3.33. The molecular weight excluding hydrogens is 404 g/mol. The summed E-state index contributed by atoms with van der Waals surface area (Å²) in [7, 11) is 0. The minimum absolute atomic E-state index is 0.107. The topological polar surface area (TPSA) is 92.9 Å². The quantitative estimate of drug-likeness (QED) is 0.501. The summed E-state index contributed by atoms with van der Waals surface area (Å²) >= 11 is 6.13. The average molecular weight is 421 g/mol. The third-order valence-corrected chi connectivity index (χ3v) is 5.28. The van der Waals surface area contributed by atoms with Gasteiger partial charge in [0.05, 0.1) is 23.5 Å². The summed E-state index contributed by atoms with van der Waals surface area (Å²) in [6.07, 6.45) is 7.88. The minimum atomic E-state index is -0.107. The Hall–Kier alpha value is -3.59. The second-order valence-electron chi connectivity index (χ2n) is 6.84. The van der Waals surface area contributed by atoms with Crippen LogP contribution in [0, 0.1) is 0 Å². The molecule has 0 aliphatic carbocycles. The molecule has 4 heterocycles. The van der Waals surface area contributed by atoms with Gasteiger partial charge in [-0.2, -0.15) is 5.10 Å². The summed E-state index contributed by atoms with van der Waals surface area (Å²) < 4.78 is 1.75. The number of carbonyl (C=O) groups excluding carboxylic acids is 1. The summed E-state index contributed by atoms with van der Waals surface area (Å²) in [5, 5.41) is 5.98. The normalized spacial score (nSPS) is 14.3. The Kier molecular flexibility index (Phi) is 4.72. The highest BCUT2D eigenvalue weighted by Crippen LogP contribution is 2.26. The summed E-state index contributed by atoms with van der Waals surface area (Å²) in [6, 6.07) is 7.46. The van der Waals surface area contributed by atoms with Gasteiger partial charge in [-0.05, 0) is 18.2 Å². The molecule has 0 spiro atoms. The van der Waals surface area contributed by atoms with Crippen molar-refractivity contribution in [1.29, 1.82) is 0 Å². The number of aromatic nitrogens is 6. The number of amides is 1. The van der Waals surface area contributed by atoms with Crippen molar-refractivity contribution in [3.63, 3.8) is 0 Å². The first kappa shape index (κ1) is 18.4. The van der Waals surface area contributed by atoms with Gasteiger partial charge in [-0.25, -0.2) is 19.6 Å². The first-order valence-electron chi connectivity index (χ1n) is 9.45. The zero-order valence-electron chi connectivity index (χ0n) is 15.9. The van der Waals surface area contributed by atoms with E-state index in [4.69, 9.17) is 11.6 Å². The van der Waals surface area contributed by atoms with Crippen LogP contribution in [0.1, 0.15) is 10.5 Å². The molecule has 3 aromatic heterocycles. The molecule has 0 radical (unpaired) electrons. The number of rotatable bonds is 3. The number of hydrogen-bond donors (Lipinski definition) is 0. The van der Waals surface area contributed by atoms with Crippen molar-refractivity contribution in [1.82, 2.24) is 34.6 Å². The van der Waals surface area contributed by atoms with Gasteiger partial charge >= 0.3 is 0 Å². The molecular formula is C20H17ClN8O. The Morgan fingerprint density at radius 1 is 1.00 bits per heavy atom. The molecule has 1 amide bonds. The van der Waals surface area contributed by atoms with Crippen LogP contribution in [0.2, 0.25) is 5.02 Å². The van der Waals surface area contributed by atoms with Crippen LogP contribution in [0.4, 0.5) is 5.82 Å². The first-order valence-corrected chi connectivity index (χ1v) is 9.83. The minimum Gasteiger partial charge on any atom is -0.352 e. The maximum atomic E-state index is 12.6. The van der Waals surface area contributed by atoms with E-state index in [1.807, 2.05) is 24.3 Å². The second kappa shape index (κ2) is 7.68. The summed E-state index contributed by atoms with van der Waals surface area (Å²) in [6.45, 7) is 2.45. The Bertz CT molecular complexity index is 1200. The van der Waals surface area contributed by atoms with Gasteiger partial charge in [-0.3, -0.25) is 9.78 Å². The van der Waals surface area contributed by atoms with Crippen molar-refractivity contribution in [3.8, 4) is 5.69 Å². The van der Waals surface area contributed by atoms with Crippen LogP contribution in [0.25, 0.3) is 16.7 Å². The SMILES string of the molecule is O=C(c1cnccn1)N1CCN(c2ncnc3c2cnn3-c2cccc(Cl)c2)CC1. The van der Waals surface area contributed by atoms with E-state index >= 15 is 0 Å². The predicted octanol–water partition coefficient (Wildman–Crippen LogP) is 2.22. The highest BCUT2D eigenvalue weighted by molar-refractivity contribution is 6.30. The molecule has 1 saturated heterocycles. The Balaban J connectivity index is 1.38. The summed E-state index contributed by atoms with van der Waals surface area (Å²) in [4.78, 5) is 33.5. The van der Waals surface area contributed by atoms with Crippen LogP contribution in [-0.2, 0) is 0 Å². The molecule has 1 aliphatic heterocycles. The highest BCUT2D eigenvalue weighted by Gasteiger charge is 2.25. The third-order valence-electron chi connectivity index (χ3n) is 5.05. The largest absolute Gasteiger partial charge is 0.352 e. The van der Waals surface area contributed by atoms with Crippen molar-refractivity contribution in [3.05, 3.63) is 66.1 Å². The lowest BCUT2D eigenvalue weighted by atomic mass is 10.2. The van der Waals surface area contributed by atoms with Crippen molar-refractivity contribution >= 4 is 34.4 Å². The monoisotopic (exact) mass is 420 g/mol. The second-order valence-corrected chi connectivity index (χ2v) is 7.28. The smallest absolute Gasteiger partial charge is 0.274 e. The van der Waals surface area contributed by atoms with Crippen LogP contribution in [0.5, 0.6) is 0 Å². The van der Waals surface area contributed by atoms with Gasteiger partial charge in [0.1, 0.15) is 17.8 Å². The predicted molar refractivity (Wildman–Crippen MR) is 112 cm³/mol. The molecule has 150 valence electrons. The van der Waals surface area contributed by atoms with Gasteiger partial charge in [0.25, 0.3) is 5.91 Å². The van der Waals surface area contributed by atoms with Gasteiger partial charge in [-0.15, -0.1) is 0 Å². The molecule has 5 rings (SSSR count). The van der Waals surface area contributed by atoms with Crippen LogP contribution in [0.15, 0.2) is 55.4 Å². The number of hydrogen-bond acceptors (Lipinski definition) is 7. The van der Waals surface area contributed by atoms with Crippen LogP contribution >= 0.6 is 11.6 Å². The number of benzene rings is 1. The highest BCUT2D eigenvalue weighted by atomic mass is 35.5. The molecule has 0 N–H and O–H groups in total. The molecule has 4 aromatic rings. The van der Waals surface area contributed by atoms with Crippen LogP contribution in [0.3, 0.4) is 0 Å². The molecule has 1 aromatic carbocycles. The summed E-state index contributed by atoms with van der Waals surface area (Å²) in [5.41, 5.74) is 1.90. The lowest BCUT2D eigenvalue weighted by Crippen LogP contribution is -2.49. The number of carbonyl (C=O) groups is 1. The van der Waals surface area contributed by atoms with E-state index in [1.54, 1.807) is 22.0 Å². The van der Waals surface area contributed by atoms with E-state index in [1.165, 1.54) is 18.7 Å². The van der Waals surface area contributed by atoms with E-state index in [2.05, 4.69) is 29.9 Å². The van der Waals surface area contributed by atoms with E-state index in [9.17, 15) is 4.79 Å². The fraction of sp³-hybridized carbons (Fsp3) is 0.200. The molecule has 0 unspecified atom stereocenters. The van der Waals surface area contributed by atoms with Crippen LogP contribution in [-0.4, -0.2) is 66.7 Å². The Morgan fingerprint density at radius 2 is 1.87 bits per heavy atom. The van der Waals surface area contributed by atoms with Crippen molar-refractivity contribution in [2.24, 2.45) is 0 Å². The molecule has 0 bridgehead atoms. The lowest BCUT2D eigenvalue weighted by Gasteiger charge is -2.35. The van der Waals surface area contributed by atoms with Gasteiger partial charge in [-0.1, -0.05) is 17.7 Å². The summed E-state index contributed by atoms with van der Waals surface area (Å²) in [5.74, 6) is 0.698. The van der Waals surface area contributed by atoms with E-state index in [0.29, 0.717) is 42.5 Å². The zero-order valence-corrected chi connectivity index (χ0v) is 16.6. The van der Waals surface area contributed by atoms with E-state index in [0.717, 1.165) is 16.9 Å². The fourth-order valence-corrected chi connectivity index (χ4v) is 3.76. The van der Waals surface area contributed by atoms with E-state index < -0.39 is 0 Å². The molecule has 0 atom stereocenters. The van der Waals surface area contributed by atoms with Gasteiger partial charge < -0.3 is 9.80 Å². The maximum absolute atomic E-state index is 12.6. The molecule has 10 heteroatoms. The maximum Gasteiger partial charge on any atom is 0.274 e. The van der Waals surface area contributed by atoms with Crippen molar-refractivity contribution in [2.75, 3.05) is 31.1 Å². The number of nitrogens with zero attached hydrogens (tertiary/aromatic N) is 8. The average Bonchev–Trinajstić information content (AvgIpc) is 3.24. The van der Waals surface area contributed by atoms with Gasteiger partial charge in [0.2, 0.25) is 0 Å². The van der Waals surface area contributed by atoms with Crippen LogP contribution < -0.4 is 4.90 Å². The molecule has 30 heavy (non-hydrogen) atoms. The van der Waals surface area contributed by atoms with E-state index in [-0.39, 0.29) is 5.91 Å². The first-order chi connectivity index (χ1) is 14.7. The van der Waals surface area contributed by atoms with Crippen molar-refractivity contribution in [2.45, 2.75) is 0 Å². The molecule has 1 fully saturated rings. The lowest BCUT2D eigenvalue weighted by molar-refractivity contribution is 0.0740. The molecule has 9 nitrogen and oxygen atoms in total. The number of anilines is 1. The van der Waals surface area contributed by atoms with Crippen molar-refractivity contribution < 1.29 is 4.79 Å². The molecule has 1 aliphatic rings. The molecule has 0 saturated carbocycles. The number of piperazine rings is 1. The number of halogens is 1. The van der Waals surface area contributed by atoms with Gasteiger partial charge in [0.15, 0.2) is 5.65 Å². The van der Waals surface area contributed by atoms with Gasteiger partial charge in [0, 0.05) is 43.6 Å². The Labute approximate surface area is 177 Å². The standard InChI is InChI=1S/C20H17ClN8O/c21-14-2-1-3-15(10-14)29-19-16(11-26-29)18(24-13-25-19)27-6-8-28(9-7-27)20(30)17-12-22-4-5-23-17/h1-5,10-13H,6-9H2.